The lowest BCUT2D eigenvalue weighted by molar-refractivity contribution is 0.632. The molecule has 1 unspecified atom stereocenters. The maximum atomic E-state index is 5.81. The molecule has 5 heteroatoms. The number of benzene rings is 1. The molecule has 3 aromatic rings. The van der Waals surface area contributed by atoms with Gasteiger partial charge in [0.2, 0.25) is 0 Å². The highest BCUT2D eigenvalue weighted by atomic mass is 15.3. The molecule has 0 spiro atoms. The lowest BCUT2D eigenvalue weighted by Crippen LogP contribution is -2.29. The number of nitrogens with one attached hydrogen (secondary N) is 1. The van der Waals surface area contributed by atoms with E-state index in [1.807, 2.05) is 30.1 Å². The van der Waals surface area contributed by atoms with Crippen molar-refractivity contribution in [1.29, 1.82) is 0 Å². The Kier molecular flexibility index (Phi) is 3.68. The van der Waals surface area contributed by atoms with Crippen LogP contribution in [0.15, 0.2) is 42.7 Å². The third-order valence-electron chi connectivity index (χ3n) is 3.71. The Morgan fingerprint density at radius 2 is 2.19 bits per heavy atom. The standard InChI is InChI=1S/C16H19N5/c1-3-14-13(10-21(2)20-14)16(19-17)12-6-7-15-11(9-12)5-4-8-18-15/h4-10,16,19H,3,17H2,1-2H3. The second-order valence-corrected chi connectivity index (χ2v) is 5.11. The first-order chi connectivity index (χ1) is 10.2. The van der Waals surface area contributed by atoms with Crippen molar-refractivity contribution in [2.75, 3.05) is 0 Å². The third-order valence-corrected chi connectivity index (χ3v) is 3.71. The Morgan fingerprint density at radius 3 is 2.95 bits per heavy atom. The maximum absolute atomic E-state index is 5.81. The van der Waals surface area contributed by atoms with Crippen LogP contribution in [0.3, 0.4) is 0 Å². The van der Waals surface area contributed by atoms with Crippen LogP contribution < -0.4 is 11.3 Å². The Bertz CT molecular complexity index is 762. The van der Waals surface area contributed by atoms with Crippen LogP contribution in [0, 0.1) is 0 Å². The molecule has 1 atom stereocenters. The average Bonchev–Trinajstić information content (AvgIpc) is 2.89. The molecule has 3 N–H and O–H groups in total. The largest absolute Gasteiger partial charge is 0.275 e. The summed E-state index contributed by atoms with van der Waals surface area (Å²) in [6, 6.07) is 10.1. The van der Waals surface area contributed by atoms with E-state index >= 15 is 0 Å². The quantitative estimate of drug-likeness (QED) is 0.567. The van der Waals surface area contributed by atoms with E-state index < -0.39 is 0 Å². The number of rotatable bonds is 4. The summed E-state index contributed by atoms with van der Waals surface area (Å²) >= 11 is 0. The van der Waals surface area contributed by atoms with Gasteiger partial charge in [-0.05, 0) is 30.2 Å². The molecule has 0 amide bonds. The van der Waals surface area contributed by atoms with Gasteiger partial charge in [0.15, 0.2) is 0 Å². The van der Waals surface area contributed by atoms with Crippen LogP contribution >= 0.6 is 0 Å². The van der Waals surface area contributed by atoms with Crippen molar-refractivity contribution in [2.24, 2.45) is 12.9 Å². The van der Waals surface area contributed by atoms with Gasteiger partial charge in [-0.3, -0.25) is 15.5 Å². The van der Waals surface area contributed by atoms with E-state index in [4.69, 9.17) is 5.84 Å². The molecule has 0 aliphatic rings. The lowest BCUT2D eigenvalue weighted by atomic mass is 9.97. The highest BCUT2D eigenvalue weighted by Crippen LogP contribution is 2.26. The number of fused-ring (bicyclic) bond motifs is 1. The molecular weight excluding hydrogens is 262 g/mol. The number of hydrazine groups is 1. The van der Waals surface area contributed by atoms with E-state index in [1.54, 1.807) is 6.20 Å². The molecule has 0 saturated heterocycles. The Hall–Kier alpha value is -2.24. The molecule has 0 fully saturated rings. The van der Waals surface area contributed by atoms with Gasteiger partial charge < -0.3 is 0 Å². The lowest BCUT2D eigenvalue weighted by Gasteiger charge is -2.16. The van der Waals surface area contributed by atoms with Crippen molar-refractivity contribution in [2.45, 2.75) is 19.4 Å². The smallest absolute Gasteiger partial charge is 0.0743 e. The van der Waals surface area contributed by atoms with Crippen molar-refractivity contribution >= 4 is 10.9 Å². The fourth-order valence-electron chi connectivity index (χ4n) is 2.71. The number of pyridine rings is 1. The minimum atomic E-state index is -0.0711. The zero-order valence-electron chi connectivity index (χ0n) is 12.2. The molecule has 3 rings (SSSR count). The van der Waals surface area contributed by atoms with Crippen LogP contribution in [0.25, 0.3) is 10.9 Å². The summed E-state index contributed by atoms with van der Waals surface area (Å²) in [6.07, 6.45) is 4.71. The van der Waals surface area contributed by atoms with Gasteiger partial charge in [0.25, 0.3) is 0 Å². The summed E-state index contributed by atoms with van der Waals surface area (Å²) in [5.74, 6) is 5.81. The van der Waals surface area contributed by atoms with Gasteiger partial charge in [-0.2, -0.15) is 5.10 Å². The first-order valence-corrected chi connectivity index (χ1v) is 7.06. The second-order valence-electron chi connectivity index (χ2n) is 5.11. The van der Waals surface area contributed by atoms with Crippen LogP contribution in [0.1, 0.15) is 29.8 Å². The van der Waals surface area contributed by atoms with E-state index in [0.717, 1.165) is 34.1 Å². The summed E-state index contributed by atoms with van der Waals surface area (Å²) in [6.45, 7) is 2.10. The number of aromatic nitrogens is 3. The van der Waals surface area contributed by atoms with Gasteiger partial charge in [0, 0.05) is 30.4 Å². The van der Waals surface area contributed by atoms with E-state index in [2.05, 4.69) is 40.6 Å². The van der Waals surface area contributed by atoms with E-state index in [9.17, 15) is 0 Å². The molecule has 21 heavy (non-hydrogen) atoms. The third kappa shape index (κ3) is 2.53. The topological polar surface area (TPSA) is 68.8 Å². The number of nitrogens with zero attached hydrogens (tertiary/aromatic N) is 3. The monoisotopic (exact) mass is 281 g/mol. The summed E-state index contributed by atoms with van der Waals surface area (Å²) < 4.78 is 1.83. The van der Waals surface area contributed by atoms with Gasteiger partial charge in [0.05, 0.1) is 17.3 Å². The van der Waals surface area contributed by atoms with Crippen molar-refractivity contribution in [3.8, 4) is 0 Å². The molecule has 0 radical (unpaired) electrons. The van der Waals surface area contributed by atoms with E-state index in [0.29, 0.717) is 0 Å². The van der Waals surface area contributed by atoms with Crippen LogP contribution in [0.4, 0.5) is 0 Å². The number of hydrogen-bond donors (Lipinski definition) is 2. The molecule has 0 bridgehead atoms. The van der Waals surface area contributed by atoms with Crippen LogP contribution in [0.5, 0.6) is 0 Å². The fraction of sp³-hybridized carbons (Fsp3) is 0.250. The first kappa shape index (κ1) is 13.7. The molecule has 2 heterocycles. The summed E-state index contributed by atoms with van der Waals surface area (Å²) in [5.41, 5.74) is 7.19. The molecular formula is C16H19N5. The predicted molar refractivity (Wildman–Crippen MR) is 83.5 cm³/mol. The average molecular weight is 281 g/mol. The predicted octanol–water partition coefficient (Wildman–Crippen LogP) is 2.08. The van der Waals surface area contributed by atoms with Crippen LogP contribution in [-0.2, 0) is 13.5 Å². The number of nitrogens with two attached hydrogens (primary N) is 1. The molecule has 0 aliphatic carbocycles. The van der Waals surface area contributed by atoms with Gasteiger partial charge in [0.1, 0.15) is 0 Å². The highest BCUT2D eigenvalue weighted by Gasteiger charge is 2.18. The normalized spacial score (nSPS) is 12.7. The molecule has 1 aromatic carbocycles. The Labute approximate surface area is 123 Å². The SMILES string of the molecule is CCc1nn(C)cc1C(NN)c1ccc2ncccc2c1. The van der Waals surface area contributed by atoms with Crippen molar-refractivity contribution in [3.63, 3.8) is 0 Å². The van der Waals surface area contributed by atoms with Crippen molar-refractivity contribution in [1.82, 2.24) is 20.2 Å². The molecule has 108 valence electrons. The van der Waals surface area contributed by atoms with Crippen molar-refractivity contribution in [3.05, 3.63) is 59.5 Å². The zero-order valence-corrected chi connectivity index (χ0v) is 12.2. The van der Waals surface area contributed by atoms with E-state index in [1.165, 1.54) is 0 Å². The Balaban J connectivity index is 2.08. The minimum absolute atomic E-state index is 0.0711. The van der Waals surface area contributed by atoms with Gasteiger partial charge in [-0.25, -0.2) is 5.43 Å². The molecule has 5 nitrogen and oxygen atoms in total. The van der Waals surface area contributed by atoms with Gasteiger partial charge in [-0.1, -0.05) is 19.1 Å². The fourth-order valence-corrected chi connectivity index (χ4v) is 2.71. The summed E-state index contributed by atoms with van der Waals surface area (Å²) in [5, 5.41) is 5.60. The van der Waals surface area contributed by atoms with Crippen LogP contribution in [0.2, 0.25) is 0 Å². The molecule has 0 aliphatic heterocycles. The number of hydrogen-bond acceptors (Lipinski definition) is 4. The van der Waals surface area contributed by atoms with E-state index in [-0.39, 0.29) is 6.04 Å². The highest BCUT2D eigenvalue weighted by molar-refractivity contribution is 5.79. The summed E-state index contributed by atoms with van der Waals surface area (Å²) in [4.78, 5) is 4.35. The number of aryl methyl sites for hydroxylation is 2. The zero-order chi connectivity index (χ0) is 14.8. The second kappa shape index (κ2) is 5.63. The van der Waals surface area contributed by atoms with Crippen LogP contribution in [-0.4, -0.2) is 14.8 Å². The summed E-state index contributed by atoms with van der Waals surface area (Å²) in [7, 11) is 1.93. The Morgan fingerprint density at radius 1 is 1.33 bits per heavy atom. The molecule has 0 saturated carbocycles. The van der Waals surface area contributed by atoms with Gasteiger partial charge >= 0.3 is 0 Å². The minimum Gasteiger partial charge on any atom is -0.275 e. The first-order valence-electron chi connectivity index (χ1n) is 7.06. The maximum Gasteiger partial charge on any atom is 0.0743 e. The van der Waals surface area contributed by atoms with Crippen molar-refractivity contribution < 1.29 is 0 Å². The van der Waals surface area contributed by atoms with Gasteiger partial charge in [-0.15, -0.1) is 0 Å². The molecule has 2 aromatic heterocycles.